The quantitative estimate of drug-likeness (QED) is 0.530. The zero-order valence-corrected chi connectivity index (χ0v) is 19.8. The van der Waals surface area contributed by atoms with E-state index >= 15 is 0 Å². The number of sulfonamides is 1. The topological polar surface area (TPSA) is 97.4 Å². The van der Waals surface area contributed by atoms with Gasteiger partial charge in [-0.3, -0.25) is 4.79 Å². The fourth-order valence-electron chi connectivity index (χ4n) is 3.85. The van der Waals surface area contributed by atoms with Gasteiger partial charge in [0.2, 0.25) is 10.0 Å². The van der Waals surface area contributed by atoms with E-state index in [1.165, 1.54) is 6.07 Å². The second kappa shape index (κ2) is 8.46. The Labute approximate surface area is 188 Å². The third kappa shape index (κ3) is 4.95. The molecule has 3 aromatic rings. The van der Waals surface area contributed by atoms with Crippen LogP contribution in [0.25, 0.3) is 10.8 Å². The first-order chi connectivity index (χ1) is 15.1. The van der Waals surface area contributed by atoms with Gasteiger partial charge in [-0.2, -0.15) is 0 Å². The molecule has 8 nitrogen and oxygen atoms in total. The van der Waals surface area contributed by atoms with Gasteiger partial charge >= 0.3 is 0 Å². The molecule has 1 saturated carbocycles. The van der Waals surface area contributed by atoms with Gasteiger partial charge in [0, 0.05) is 23.2 Å². The highest BCUT2D eigenvalue weighted by Gasteiger charge is 2.41. The number of pyridine rings is 1. The number of rotatable bonds is 9. The zero-order chi connectivity index (χ0) is 23.1. The molecule has 1 fully saturated rings. The molecule has 0 spiro atoms. The van der Waals surface area contributed by atoms with Crippen molar-refractivity contribution in [1.82, 2.24) is 19.3 Å². The molecule has 0 unspecified atom stereocenters. The maximum atomic E-state index is 13.3. The van der Waals surface area contributed by atoms with Crippen LogP contribution >= 0.6 is 0 Å². The molecule has 0 radical (unpaired) electrons. The molecule has 0 saturated heterocycles. The third-order valence-electron chi connectivity index (χ3n) is 5.89. The molecule has 0 aliphatic heterocycles. The van der Waals surface area contributed by atoms with Crippen LogP contribution < -0.4 is 10.3 Å². The van der Waals surface area contributed by atoms with Crippen molar-refractivity contribution in [2.45, 2.75) is 56.5 Å². The smallest absolute Gasteiger partial charge is 0.258 e. The van der Waals surface area contributed by atoms with Crippen LogP contribution in [0.2, 0.25) is 0 Å². The van der Waals surface area contributed by atoms with Crippen molar-refractivity contribution in [2.75, 3.05) is 20.6 Å². The lowest BCUT2D eigenvalue weighted by molar-refractivity contribution is 0.371. The van der Waals surface area contributed by atoms with Crippen molar-refractivity contribution in [3.63, 3.8) is 0 Å². The number of aryl methyl sites for hydroxylation is 2. The fourth-order valence-corrected chi connectivity index (χ4v) is 5.34. The summed E-state index contributed by atoms with van der Waals surface area (Å²) in [7, 11) is 0.341. The molecule has 0 bridgehead atoms. The van der Waals surface area contributed by atoms with Crippen LogP contribution in [-0.4, -0.2) is 49.2 Å². The van der Waals surface area contributed by atoms with Crippen molar-refractivity contribution in [3.05, 3.63) is 57.8 Å². The third-order valence-corrected chi connectivity index (χ3v) is 7.52. The first kappa shape index (κ1) is 22.7. The van der Waals surface area contributed by atoms with E-state index in [-0.39, 0.29) is 22.5 Å². The van der Waals surface area contributed by atoms with Crippen molar-refractivity contribution < 1.29 is 12.9 Å². The minimum absolute atomic E-state index is 0.114. The summed E-state index contributed by atoms with van der Waals surface area (Å²) in [5.41, 5.74) is 1.11. The Bertz CT molecular complexity index is 1300. The van der Waals surface area contributed by atoms with Crippen LogP contribution in [0.5, 0.6) is 0 Å². The Hall–Kier alpha value is -2.49. The van der Waals surface area contributed by atoms with E-state index in [2.05, 4.69) is 14.8 Å². The van der Waals surface area contributed by atoms with Gasteiger partial charge in [0.05, 0.1) is 17.1 Å². The van der Waals surface area contributed by atoms with Crippen LogP contribution in [0.3, 0.4) is 0 Å². The van der Waals surface area contributed by atoms with Crippen LogP contribution in [0, 0.1) is 6.92 Å². The molecular formula is C23H30N4O4S. The highest BCUT2D eigenvalue weighted by Crippen LogP contribution is 2.36. The molecule has 2 heterocycles. The summed E-state index contributed by atoms with van der Waals surface area (Å²) in [5.74, 6) is 0.579. The van der Waals surface area contributed by atoms with Gasteiger partial charge in [-0.1, -0.05) is 11.2 Å². The maximum absolute atomic E-state index is 13.3. The van der Waals surface area contributed by atoms with Gasteiger partial charge in [0.25, 0.3) is 5.56 Å². The number of aromatic nitrogens is 2. The highest BCUT2D eigenvalue weighted by molar-refractivity contribution is 7.89. The first-order valence-electron chi connectivity index (χ1n) is 10.8. The number of hydrogen-bond acceptors (Lipinski definition) is 6. The zero-order valence-electron chi connectivity index (χ0n) is 19.0. The van der Waals surface area contributed by atoms with Crippen molar-refractivity contribution >= 4 is 20.8 Å². The molecule has 1 aliphatic carbocycles. The minimum Gasteiger partial charge on any atom is -0.359 e. The van der Waals surface area contributed by atoms with Crippen LogP contribution in [0.15, 0.2) is 44.7 Å². The number of benzene rings is 1. The molecule has 0 amide bonds. The van der Waals surface area contributed by atoms with Crippen LogP contribution in [0.1, 0.15) is 43.2 Å². The summed E-state index contributed by atoms with van der Waals surface area (Å²) in [6.07, 6.45) is 5.18. The Morgan fingerprint density at radius 1 is 1.22 bits per heavy atom. The molecule has 0 atom stereocenters. The van der Waals surface area contributed by atoms with E-state index in [0.29, 0.717) is 11.1 Å². The Morgan fingerprint density at radius 3 is 2.59 bits per heavy atom. The number of nitrogens with one attached hydrogen (secondary N) is 1. The Balaban J connectivity index is 1.78. The van der Waals surface area contributed by atoms with Crippen molar-refractivity contribution in [1.29, 1.82) is 0 Å². The average molecular weight is 459 g/mol. The van der Waals surface area contributed by atoms with Crippen molar-refractivity contribution in [3.8, 4) is 0 Å². The molecule has 1 N–H and O–H groups in total. The minimum atomic E-state index is -3.71. The largest absolute Gasteiger partial charge is 0.359 e. The van der Waals surface area contributed by atoms with E-state index in [9.17, 15) is 13.2 Å². The lowest BCUT2D eigenvalue weighted by Gasteiger charge is -2.15. The molecule has 1 aliphatic rings. The average Bonchev–Trinajstić information content (AvgIpc) is 3.29. The first-order valence-corrected chi connectivity index (χ1v) is 12.3. The number of hydrogen-bond donors (Lipinski definition) is 1. The van der Waals surface area contributed by atoms with E-state index < -0.39 is 10.0 Å². The van der Waals surface area contributed by atoms with E-state index in [1.807, 2.05) is 34.1 Å². The number of nitrogens with zero attached hydrogens (tertiary/aromatic N) is 3. The molecule has 32 heavy (non-hydrogen) atoms. The van der Waals surface area contributed by atoms with Gasteiger partial charge in [0.1, 0.15) is 0 Å². The van der Waals surface area contributed by atoms with E-state index in [1.54, 1.807) is 22.8 Å². The van der Waals surface area contributed by atoms with Gasteiger partial charge in [-0.15, -0.1) is 0 Å². The van der Waals surface area contributed by atoms with Crippen LogP contribution in [0.4, 0.5) is 0 Å². The second-order valence-electron chi connectivity index (χ2n) is 9.30. The monoisotopic (exact) mass is 458 g/mol. The molecular weight excluding hydrogens is 428 g/mol. The summed E-state index contributed by atoms with van der Waals surface area (Å²) in [5, 5.41) is 5.08. The standard InChI is InChI=1S/C23H30N4O4S/c1-16-12-18(31-24-16)15-27-14-17(6-5-11-26(3)4)20-8-7-19(13-21(20)22(27)28)32(29,30)25-23(2)9-10-23/h7-8,12-14,25H,5-6,9-11,15H2,1-4H3. The van der Waals surface area contributed by atoms with E-state index in [0.717, 1.165) is 48.9 Å². The second-order valence-corrected chi connectivity index (χ2v) is 11.0. The van der Waals surface area contributed by atoms with Gasteiger partial charge < -0.3 is 14.0 Å². The summed E-state index contributed by atoms with van der Waals surface area (Å²) in [6.45, 7) is 4.87. The summed E-state index contributed by atoms with van der Waals surface area (Å²) in [4.78, 5) is 15.6. The number of fused-ring (bicyclic) bond motifs is 1. The maximum Gasteiger partial charge on any atom is 0.258 e. The summed E-state index contributed by atoms with van der Waals surface area (Å²) in [6, 6.07) is 6.65. The SMILES string of the molecule is Cc1cc(Cn2cc(CCCN(C)C)c3ccc(S(=O)(=O)NC4(C)CC4)cc3c2=O)on1. The Morgan fingerprint density at radius 2 is 1.97 bits per heavy atom. The van der Waals surface area contributed by atoms with E-state index in [4.69, 9.17) is 4.52 Å². The van der Waals surface area contributed by atoms with Gasteiger partial charge in [0.15, 0.2) is 5.76 Å². The molecule has 1 aromatic carbocycles. The van der Waals surface area contributed by atoms with Gasteiger partial charge in [-0.25, -0.2) is 13.1 Å². The van der Waals surface area contributed by atoms with Crippen LogP contribution in [-0.2, 0) is 23.0 Å². The normalized spacial score (nSPS) is 15.5. The predicted octanol–water partition coefficient (Wildman–Crippen LogP) is 2.67. The molecule has 2 aromatic heterocycles. The summed E-state index contributed by atoms with van der Waals surface area (Å²) < 4.78 is 35.5. The lowest BCUT2D eigenvalue weighted by Crippen LogP contribution is -2.34. The Kier molecular flexibility index (Phi) is 6.00. The fraction of sp³-hybridized carbons (Fsp3) is 0.478. The van der Waals surface area contributed by atoms with Crippen molar-refractivity contribution in [2.24, 2.45) is 0 Å². The lowest BCUT2D eigenvalue weighted by atomic mass is 10.0. The molecule has 4 rings (SSSR count). The molecule has 172 valence electrons. The van der Waals surface area contributed by atoms with Gasteiger partial charge in [-0.05, 0) is 83.3 Å². The molecule has 9 heteroatoms. The predicted molar refractivity (Wildman–Crippen MR) is 123 cm³/mol. The highest BCUT2D eigenvalue weighted by atomic mass is 32.2. The summed E-state index contributed by atoms with van der Waals surface area (Å²) >= 11 is 0.